The summed E-state index contributed by atoms with van der Waals surface area (Å²) in [5.41, 5.74) is 0.366. The average Bonchev–Trinajstić information content (AvgIpc) is 3.28. The van der Waals surface area contributed by atoms with Crippen LogP contribution in [-0.2, 0) is 4.79 Å². The van der Waals surface area contributed by atoms with Crippen LogP contribution in [0.25, 0.3) is 10.8 Å². The third-order valence-corrected chi connectivity index (χ3v) is 5.36. The van der Waals surface area contributed by atoms with Crippen molar-refractivity contribution in [2.75, 3.05) is 4.90 Å². The smallest absolute Gasteiger partial charge is 0.305 e. The Balaban J connectivity index is 1.68. The molecule has 7 heteroatoms. The lowest BCUT2D eigenvalue weighted by Crippen LogP contribution is -2.38. The molecular weight excluding hydrogens is 322 g/mol. The van der Waals surface area contributed by atoms with Gasteiger partial charge in [-0.25, -0.2) is 9.69 Å². The first kappa shape index (κ1) is 14.2. The molecular formula is C18H13N3O4. The molecule has 124 valence electrons. The van der Waals surface area contributed by atoms with Crippen molar-refractivity contribution in [3.05, 3.63) is 58.7 Å². The van der Waals surface area contributed by atoms with Gasteiger partial charge in [0.25, 0.3) is 11.6 Å². The summed E-state index contributed by atoms with van der Waals surface area (Å²) >= 11 is 0. The summed E-state index contributed by atoms with van der Waals surface area (Å²) in [6.07, 6.45) is 4.79. The van der Waals surface area contributed by atoms with Gasteiger partial charge in [-0.1, -0.05) is 30.4 Å². The van der Waals surface area contributed by atoms with Gasteiger partial charge in [0.2, 0.25) is 0 Å². The Labute approximate surface area is 142 Å². The van der Waals surface area contributed by atoms with E-state index in [0.29, 0.717) is 16.5 Å². The molecule has 3 amide bonds. The minimum atomic E-state index is -0.456. The van der Waals surface area contributed by atoms with Crippen molar-refractivity contribution >= 4 is 34.1 Å². The SMILES string of the molecule is O=C1C2C3C=CC(C3)N2C(=O)N1c1ccc([N+](=O)[O-])c2ccccc12. The molecule has 2 fully saturated rings. The molecule has 2 aromatic carbocycles. The largest absolute Gasteiger partial charge is 0.332 e. The second-order valence-corrected chi connectivity index (χ2v) is 6.57. The van der Waals surface area contributed by atoms with Crippen LogP contribution >= 0.6 is 0 Å². The fourth-order valence-electron chi connectivity index (χ4n) is 4.31. The number of nitro benzene ring substituents is 1. The van der Waals surface area contributed by atoms with Crippen molar-refractivity contribution in [3.63, 3.8) is 0 Å². The van der Waals surface area contributed by atoms with E-state index in [1.54, 1.807) is 29.2 Å². The molecule has 3 unspecified atom stereocenters. The van der Waals surface area contributed by atoms with E-state index >= 15 is 0 Å². The number of hydrogen-bond donors (Lipinski definition) is 0. The van der Waals surface area contributed by atoms with Crippen molar-refractivity contribution in [2.24, 2.45) is 5.92 Å². The normalized spacial score (nSPS) is 26.8. The number of nitro groups is 1. The number of benzene rings is 2. The van der Waals surface area contributed by atoms with Crippen molar-refractivity contribution in [2.45, 2.75) is 18.5 Å². The third-order valence-electron chi connectivity index (χ3n) is 5.36. The van der Waals surface area contributed by atoms with Crippen LogP contribution in [-0.4, -0.2) is 33.8 Å². The predicted molar refractivity (Wildman–Crippen MR) is 90.1 cm³/mol. The number of urea groups is 1. The first-order valence-corrected chi connectivity index (χ1v) is 8.08. The van der Waals surface area contributed by atoms with Crippen LogP contribution in [0.2, 0.25) is 0 Å². The van der Waals surface area contributed by atoms with Crippen LogP contribution in [0, 0.1) is 16.0 Å². The number of non-ortho nitro benzene ring substituents is 1. The lowest BCUT2D eigenvalue weighted by Gasteiger charge is -2.22. The van der Waals surface area contributed by atoms with E-state index in [-0.39, 0.29) is 29.6 Å². The number of carbonyl (C=O) groups excluding carboxylic acids is 2. The van der Waals surface area contributed by atoms with Crippen molar-refractivity contribution in [3.8, 4) is 0 Å². The molecule has 1 aliphatic carbocycles. The zero-order valence-corrected chi connectivity index (χ0v) is 13.0. The average molecular weight is 335 g/mol. The molecule has 0 N–H and O–H groups in total. The minimum Gasteiger partial charge on any atom is -0.305 e. The molecule has 0 saturated carbocycles. The standard InChI is InChI=1S/C18H13N3O4/c22-17-16-10-5-6-11(9-10)19(16)18(23)20(17)14-7-8-15(21(24)25)13-4-2-1-3-12(13)14/h1-8,10-11,16H,9H2. The Hall–Kier alpha value is -3.22. The number of carbonyl (C=O) groups is 2. The number of nitrogens with zero attached hydrogens (tertiary/aromatic N) is 3. The molecule has 2 aliphatic heterocycles. The van der Waals surface area contributed by atoms with E-state index in [4.69, 9.17) is 0 Å². The van der Waals surface area contributed by atoms with Crippen molar-refractivity contribution in [1.29, 1.82) is 0 Å². The van der Waals surface area contributed by atoms with E-state index in [1.165, 1.54) is 17.0 Å². The molecule has 0 radical (unpaired) electrons. The lowest BCUT2D eigenvalue weighted by atomic mass is 10.0. The third kappa shape index (κ3) is 1.69. The molecule has 3 atom stereocenters. The Bertz CT molecular complexity index is 969. The lowest BCUT2D eigenvalue weighted by molar-refractivity contribution is -0.383. The first-order chi connectivity index (χ1) is 12.1. The quantitative estimate of drug-likeness (QED) is 0.366. The zero-order chi connectivity index (χ0) is 17.3. The highest BCUT2D eigenvalue weighted by molar-refractivity contribution is 6.25. The van der Waals surface area contributed by atoms with E-state index in [1.807, 2.05) is 12.2 Å². The summed E-state index contributed by atoms with van der Waals surface area (Å²) in [6.45, 7) is 0. The molecule has 25 heavy (non-hydrogen) atoms. The number of hydrogen-bond acceptors (Lipinski definition) is 4. The highest BCUT2D eigenvalue weighted by Gasteiger charge is 2.57. The van der Waals surface area contributed by atoms with Gasteiger partial charge in [-0.15, -0.1) is 0 Å². The summed E-state index contributed by atoms with van der Waals surface area (Å²) in [5.74, 6) is -0.184. The molecule has 5 rings (SSSR count). The van der Waals surface area contributed by atoms with Gasteiger partial charge >= 0.3 is 6.03 Å². The number of rotatable bonds is 2. The fourth-order valence-corrected chi connectivity index (χ4v) is 4.31. The second kappa shape index (κ2) is 4.66. The molecule has 7 nitrogen and oxygen atoms in total. The molecule has 2 saturated heterocycles. The minimum absolute atomic E-state index is 0.0271. The topological polar surface area (TPSA) is 83.8 Å². The van der Waals surface area contributed by atoms with Crippen LogP contribution in [0.4, 0.5) is 16.2 Å². The van der Waals surface area contributed by atoms with Gasteiger partial charge in [0.1, 0.15) is 6.04 Å². The Morgan fingerprint density at radius 2 is 1.80 bits per heavy atom. The summed E-state index contributed by atoms with van der Waals surface area (Å²) in [4.78, 5) is 39.5. The van der Waals surface area contributed by atoms with E-state index in [0.717, 1.165) is 6.42 Å². The Morgan fingerprint density at radius 1 is 1.04 bits per heavy atom. The van der Waals surface area contributed by atoms with Gasteiger partial charge in [-0.3, -0.25) is 14.9 Å². The van der Waals surface area contributed by atoms with Gasteiger partial charge in [0.15, 0.2) is 0 Å². The van der Waals surface area contributed by atoms with Gasteiger partial charge in [0.05, 0.1) is 22.0 Å². The van der Waals surface area contributed by atoms with Gasteiger partial charge < -0.3 is 4.90 Å². The van der Waals surface area contributed by atoms with Crippen LogP contribution in [0.15, 0.2) is 48.6 Å². The molecule has 3 aliphatic rings. The predicted octanol–water partition coefficient (Wildman–Crippen LogP) is 2.84. The molecule has 2 aromatic rings. The molecule has 0 spiro atoms. The number of fused-ring (bicyclic) bond motifs is 6. The van der Waals surface area contributed by atoms with Crippen LogP contribution in [0.5, 0.6) is 0 Å². The van der Waals surface area contributed by atoms with Crippen LogP contribution in [0.1, 0.15) is 6.42 Å². The van der Waals surface area contributed by atoms with Crippen molar-refractivity contribution < 1.29 is 14.5 Å². The molecule has 0 aromatic heterocycles. The number of anilines is 1. The Kier molecular flexibility index (Phi) is 2.64. The van der Waals surface area contributed by atoms with E-state index in [2.05, 4.69) is 0 Å². The highest BCUT2D eigenvalue weighted by atomic mass is 16.6. The zero-order valence-electron chi connectivity index (χ0n) is 13.0. The number of amides is 3. The maximum atomic E-state index is 12.9. The summed E-state index contributed by atoms with van der Waals surface area (Å²) in [7, 11) is 0. The van der Waals surface area contributed by atoms with Crippen LogP contribution < -0.4 is 4.90 Å². The van der Waals surface area contributed by atoms with Crippen molar-refractivity contribution in [1.82, 2.24) is 4.90 Å². The monoisotopic (exact) mass is 335 g/mol. The van der Waals surface area contributed by atoms with Gasteiger partial charge in [0, 0.05) is 17.4 Å². The fraction of sp³-hybridized carbons (Fsp3) is 0.222. The maximum absolute atomic E-state index is 12.9. The van der Waals surface area contributed by atoms with E-state index in [9.17, 15) is 19.7 Å². The summed E-state index contributed by atoms with van der Waals surface area (Å²) in [5, 5.41) is 12.2. The molecule has 2 bridgehead atoms. The summed E-state index contributed by atoms with van der Waals surface area (Å²) < 4.78 is 0. The first-order valence-electron chi connectivity index (χ1n) is 8.08. The second-order valence-electron chi connectivity index (χ2n) is 6.57. The maximum Gasteiger partial charge on any atom is 0.332 e. The van der Waals surface area contributed by atoms with Gasteiger partial charge in [-0.05, 0) is 18.6 Å². The van der Waals surface area contributed by atoms with E-state index < -0.39 is 11.0 Å². The van der Waals surface area contributed by atoms with Crippen LogP contribution in [0.3, 0.4) is 0 Å². The molecule has 2 heterocycles. The van der Waals surface area contributed by atoms with Gasteiger partial charge in [-0.2, -0.15) is 0 Å². The summed E-state index contributed by atoms with van der Waals surface area (Å²) in [6, 6.07) is 8.82. The number of imide groups is 1. The Morgan fingerprint density at radius 3 is 2.52 bits per heavy atom. The highest BCUT2D eigenvalue weighted by Crippen LogP contribution is 2.45.